The predicted molar refractivity (Wildman–Crippen MR) is 85.6 cm³/mol. The summed E-state index contributed by atoms with van der Waals surface area (Å²) in [5.41, 5.74) is 1.03. The van der Waals surface area contributed by atoms with Gasteiger partial charge in [-0.2, -0.15) is 0 Å². The topological polar surface area (TPSA) is 46.6 Å². The first-order chi connectivity index (χ1) is 10.6. The number of carbonyl (C=O) groups excluding carboxylic acids is 2. The Morgan fingerprint density at radius 3 is 2.59 bits per heavy atom. The number of rotatable bonds is 4. The molecular weight excluding hydrogens is 322 g/mol. The van der Waals surface area contributed by atoms with Gasteiger partial charge in [-0.25, -0.2) is 0 Å². The van der Waals surface area contributed by atoms with Crippen LogP contribution in [0, 0.1) is 0 Å². The second kappa shape index (κ2) is 5.94. The third-order valence-corrected chi connectivity index (χ3v) is 4.64. The second-order valence-corrected chi connectivity index (χ2v) is 6.00. The third kappa shape index (κ3) is 2.42. The molecule has 0 atom stereocenters. The quantitative estimate of drug-likeness (QED) is 0.807. The van der Waals surface area contributed by atoms with E-state index in [1.807, 2.05) is 29.6 Å². The summed E-state index contributed by atoms with van der Waals surface area (Å²) >= 11 is 7.47. The number of amides is 2. The van der Waals surface area contributed by atoms with E-state index in [-0.39, 0.29) is 23.1 Å². The molecule has 2 aromatic rings. The Balaban J connectivity index is 1.92. The zero-order chi connectivity index (χ0) is 15.7. The van der Waals surface area contributed by atoms with Gasteiger partial charge in [-0.05, 0) is 17.5 Å². The molecule has 1 aromatic carbocycles. The van der Waals surface area contributed by atoms with Crippen molar-refractivity contribution in [1.82, 2.24) is 4.90 Å². The molecule has 0 radical (unpaired) electrons. The summed E-state index contributed by atoms with van der Waals surface area (Å²) in [5, 5.41) is 1.81. The van der Waals surface area contributed by atoms with Crippen LogP contribution in [0.4, 0.5) is 0 Å². The maximum absolute atomic E-state index is 12.6. The van der Waals surface area contributed by atoms with Crippen LogP contribution >= 0.6 is 22.9 Å². The number of thiophene rings is 1. The summed E-state index contributed by atoms with van der Waals surface area (Å²) in [6, 6.07) is 10.9. The van der Waals surface area contributed by atoms with Crippen molar-refractivity contribution in [2.24, 2.45) is 0 Å². The van der Waals surface area contributed by atoms with Gasteiger partial charge in [-0.3, -0.25) is 14.5 Å². The molecule has 2 amide bonds. The highest BCUT2D eigenvalue weighted by molar-refractivity contribution is 7.11. The first-order valence-corrected chi connectivity index (χ1v) is 7.81. The molecule has 0 aliphatic carbocycles. The fourth-order valence-corrected chi connectivity index (χ4v) is 3.44. The van der Waals surface area contributed by atoms with E-state index in [1.165, 1.54) is 11.3 Å². The van der Waals surface area contributed by atoms with Crippen LogP contribution in [0.15, 0.2) is 46.8 Å². The molecule has 0 spiro atoms. The van der Waals surface area contributed by atoms with E-state index in [2.05, 4.69) is 0 Å². The van der Waals surface area contributed by atoms with Crippen molar-refractivity contribution in [2.45, 2.75) is 6.54 Å². The zero-order valence-corrected chi connectivity index (χ0v) is 13.3. The highest BCUT2D eigenvalue weighted by atomic mass is 35.5. The van der Waals surface area contributed by atoms with Gasteiger partial charge in [0.1, 0.15) is 10.8 Å². The Bertz CT molecular complexity index is 767. The van der Waals surface area contributed by atoms with E-state index in [0.29, 0.717) is 10.6 Å². The van der Waals surface area contributed by atoms with Crippen LogP contribution in [-0.4, -0.2) is 23.8 Å². The Morgan fingerprint density at radius 1 is 1.14 bits per heavy atom. The summed E-state index contributed by atoms with van der Waals surface area (Å²) in [6.07, 6.45) is 0. The standard InChI is InChI=1S/C16H12ClNO3S/c1-21-11-6-3-2-5-10(11)9-18-15(19)13(14(17)16(18)20)12-7-4-8-22-12/h2-8H,9H2,1H3. The van der Waals surface area contributed by atoms with Crippen LogP contribution < -0.4 is 4.74 Å². The normalized spacial score (nSPS) is 14.9. The lowest BCUT2D eigenvalue weighted by molar-refractivity contribution is -0.137. The number of hydrogen-bond donors (Lipinski definition) is 0. The molecule has 0 bridgehead atoms. The van der Waals surface area contributed by atoms with Crippen LogP contribution in [0.25, 0.3) is 5.57 Å². The average molecular weight is 334 g/mol. The summed E-state index contributed by atoms with van der Waals surface area (Å²) in [7, 11) is 1.55. The van der Waals surface area contributed by atoms with Crippen molar-refractivity contribution in [3.63, 3.8) is 0 Å². The van der Waals surface area contributed by atoms with E-state index in [9.17, 15) is 9.59 Å². The van der Waals surface area contributed by atoms with Gasteiger partial charge in [0.2, 0.25) is 0 Å². The summed E-state index contributed by atoms with van der Waals surface area (Å²) in [5.74, 6) is -0.215. The maximum atomic E-state index is 12.6. The molecular formula is C16H12ClNO3S. The van der Waals surface area contributed by atoms with Gasteiger partial charge in [0.05, 0.1) is 19.2 Å². The number of methoxy groups -OCH3 is 1. The molecule has 4 nitrogen and oxygen atoms in total. The fourth-order valence-electron chi connectivity index (χ4n) is 2.33. The Labute approximate surface area is 136 Å². The molecule has 1 aliphatic heterocycles. The van der Waals surface area contributed by atoms with Crippen molar-refractivity contribution in [3.8, 4) is 5.75 Å². The largest absolute Gasteiger partial charge is 0.496 e. The maximum Gasteiger partial charge on any atom is 0.273 e. The number of carbonyl (C=O) groups is 2. The van der Waals surface area contributed by atoms with Crippen LogP contribution in [-0.2, 0) is 16.1 Å². The molecule has 0 fully saturated rings. The first-order valence-electron chi connectivity index (χ1n) is 6.55. The molecule has 6 heteroatoms. The molecule has 1 aromatic heterocycles. The van der Waals surface area contributed by atoms with Gasteiger partial charge in [-0.1, -0.05) is 35.9 Å². The van der Waals surface area contributed by atoms with Gasteiger partial charge < -0.3 is 4.74 Å². The van der Waals surface area contributed by atoms with E-state index in [0.717, 1.165) is 10.5 Å². The molecule has 0 unspecified atom stereocenters. The Kier molecular flexibility index (Phi) is 4.00. The van der Waals surface area contributed by atoms with Crippen LogP contribution in [0.2, 0.25) is 0 Å². The smallest absolute Gasteiger partial charge is 0.273 e. The van der Waals surface area contributed by atoms with E-state index >= 15 is 0 Å². The van der Waals surface area contributed by atoms with Crippen molar-refractivity contribution in [2.75, 3.05) is 7.11 Å². The first kappa shape index (κ1) is 14.8. The minimum absolute atomic E-state index is 0.0256. The number of benzene rings is 1. The Hall–Kier alpha value is -2.11. The van der Waals surface area contributed by atoms with Gasteiger partial charge >= 0.3 is 0 Å². The highest BCUT2D eigenvalue weighted by Gasteiger charge is 2.38. The molecule has 0 saturated heterocycles. The summed E-state index contributed by atoms with van der Waals surface area (Å²) < 4.78 is 5.26. The number of nitrogens with zero attached hydrogens (tertiary/aromatic N) is 1. The monoisotopic (exact) mass is 333 g/mol. The minimum Gasteiger partial charge on any atom is -0.496 e. The van der Waals surface area contributed by atoms with Crippen molar-refractivity contribution >= 4 is 40.3 Å². The zero-order valence-electron chi connectivity index (χ0n) is 11.7. The predicted octanol–water partition coefficient (Wildman–Crippen LogP) is 3.28. The Morgan fingerprint density at radius 2 is 1.91 bits per heavy atom. The van der Waals surface area contributed by atoms with Gasteiger partial charge in [0.15, 0.2) is 0 Å². The van der Waals surface area contributed by atoms with E-state index < -0.39 is 5.91 Å². The van der Waals surface area contributed by atoms with E-state index in [1.54, 1.807) is 19.2 Å². The summed E-state index contributed by atoms with van der Waals surface area (Å²) in [6.45, 7) is 0.132. The van der Waals surface area contributed by atoms with Gasteiger partial charge in [-0.15, -0.1) is 11.3 Å². The lowest BCUT2D eigenvalue weighted by Gasteiger charge is -2.16. The van der Waals surface area contributed by atoms with Gasteiger partial charge in [0, 0.05) is 10.4 Å². The number of hydrogen-bond acceptors (Lipinski definition) is 4. The minimum atomic E-state index is -0.471. The van der Waals surface area contributed by atoms with E-state index in [4.69, 9.17) is 16.3 Å². The van der Waals surface area contributed by atoms with Crippen LogP contribution in [0.1, 0.15) is 10.4 Å². The molecule has 0 saturated carbocycles. The molecule has 22 heavy (non-hydrogen) atoms. The number of halogens is 1. The lowest BCUT2D eigenvalue weighted by Crippen LogP contribution is -2.30. The molecule has 1 aliphatic rings. The highest BCUT2D eigenvalue weighted by Crippen LogP contribution is 2.35. The van der Waals surface area contributed by atoms with Crippen LogP contribution in [0.3, 0.4) is 0 Å². The second-order valence-electron chi connectivity index (χ2n) is 4.67. The number of para-hydroxylation sites is 1. The lowest BCUT2D eigenvalue weighted by atomic mass is 10.2. The van der Waals surface area contributed by atoms with Crippen molar-refractivity contribution < 1.29 is 14.3 Å². The summed E-state index contributed by atoms with van der Waals surface area (Å²) in [4.78, 5) is 26.7. The molecule has 112 valence electrons. The average Bonchev–Trinajstić information content (AvgIpc) is 3.11. The van der Waals surface area contributed by atoms with Crippen LogP contribution in [0.5, 0.6) is 5.75 Å². The number of imide groups is 1. The fraction of sp³-hybridized carbons (Fsp3) is 0.125. The number of ether oxygens (including phenoxy) is 1. The third-order valence-electron chi connectivity index (χ3n) is 3.40. The SMILES string of the molecule is COc1ccccc1CN1C(=O)C(Cl)=C(c2cccs2)C1=O. The van der Waals surface area contributed by atoms with Crippen molar-refractivity contribution in [1.29, 1.82) is 0 Å². The van der Waals surface area contributed by atoms with Crippen molar-refractivity contribution in [3.05, 3.63) is 57.3 Å². The molecule has 3 rings (SSSR count). The molecule has 0 N–H and O–H groups in total. The van der Waals surface area contributed by atoms with Gasteiger partial charge in [0.25, 0.3) is 11.8 Å². The molecule has 2 heterocycles.